The van der Waals surface area contributed by atoms with Crippen molar-refractivity contribution in [1.29, 1.82) is 0 Å². The average Bonchev–Trinajstić information content (AvgIpc) is 2.74. The Balaban J connectivity index is 2.15. The van der Waals surface area contributed by atoms with Gasteiger partial charge < -0.3 is 0 Å². The van der Waals surface area contributed by atoms with Crippen LogP contribution >= 0.6 is 38.9 Å². The summed E-state index contributed by atoms with van der Waals surface area (Å²) in [5, 5.41) is 4.95. The molecular formula is C10H5BrClN3S. The predicted molar refractivity (Wildman–Crippen MR) is 69.0 cm³/mol. The van der Waals surface area contributed by atoms with Crippen LogP contribution in [-0.4, -0.2) is 14.6 Å². The van der Waals surface area contributed by atoms with Crippen molar-refractivity contribution in [2.45, 2.75) is 0 Å². The molecule has 80 valence electrons. The number of rotatable bonds is 1. The number of nitrogens with zero attached hydrogens (tertiary/aromatic N) is 3. The smallest absolute Gasteiger partial charge is 0.213 e. The third-order valence-electron chi connectivity index (χ3n) is 2.14. The zero-order chi connectivity index (χ0) is 11.1. The van der Waals surface area contributed by atoms with Gasteiger partial charge in [0.25, 0.3) is 0 Å². The van der Waals surface area contributed by atoms with Gasteiger partial charge >= 0.3 is 0 Å². The third kappa shape index (κ3) is 1.75. The Hall–Kier alpha value is -0.910. The highest BCUT2D eigenvalue weighted by Gasteiger charge is 2.08. The maximum absolute atomic E-state index is 5.94. The Labute approximate surface area is 109 Å². The van der Waals surface area contributed by atoms with Crippen molar-refractivity contribution in [3.63, 3.8) is 0 Å². The molecule has 0 aliphatic heterocycles. The minimum Gasteiger partial charge on any atom is -0.217 e. The first-order chi connectivity index (χ1) is 7.72. The summed E-state index contributed by atoms with van der Waals surface area (Å²) < 4.78 is 2.58. The molecule has 16 heavy (non-hydrogen) atoms. The summed E-state index contributed by atoms with van der Waals surface area (Å²) in [4.78, 5) is 5.34. The molecule has 1 aromatic carbocycles. The molecule has 0 radical (unpaired) electrons. The molecule has 0 bridgehead atoms. The second kappa shape index (κ2) is 3.84. The van der Waals surface area contributed by atoms with E-state index in [1.165, 1.54) is 11.3 Å². The van der Waals surface area contributed by atoms with E-state index in [1.54, 1.807) is 4.52 Å². The van der Waals surface area contributed by atoms with Crippen LogP contribution in [0.4, 0.5) is 0 Å². The third-order valence-corrected chi connectivity index (χ3v) is 3.73. The maximum atomic E-state index is 5.94. The molecule has 6 heteroatoms. The number of benzene rings is 1. The summed E-state index contributed by atoms with van der Waals surface area (Å²) >= 11 is 10.8. The molecule has 0 aliphatic carbocycles. The van der Waals surface area contributed by atoms with E-state index in [1.807, 2.05) is 30.5 Å². The van der Waals surface area contributed by atoms with E-state index in [2.05, 4.69) is 26.0 Å². The van der Waals surface area contributed by atoms with Gasteiger partial charge in [-0.15, -0.1) is 5.10 Å². The first-order valence-electron chi connectivity index (χ1n) is 4.50. The first-order valence-corrected chi connectivity index (χ1v) is 6.49. The fraction of sp³-hybridized carbons (Fsp3) is 0. The van der Waals surface area contributed by atoms with E-state index in [0.29, 0.717) is 5.02 Å². The lowest BCUT2D eigenvalue weighted by molar-refractivity contribution is 0.959. The average molecular weight is 315 g/mol. The van der Waals surface area contributed by atoms with E-state index >= 15 is 0 Å². The zero-order valence-electron chi connectivity index (χ0n) is 7.89. The van der Waals surface area contributed by atoms with Gasteiger partial charge in [-0.25, -0.2) is 9.50 Å². The monoisotopic (exact) mass is 313 g/mol. The molecule has 3 rings (SSSR count). The molecule has 0 spiro atoms. The van der Waals surface area contributed by atoms with Crippen LogP contribution in [0.5, 0.6) is 0 Å². The molecule has 2 heterocycles. The standard InChI is InChI=1S/C10H5BrClN3S/c11-9-14-15-5-8(13-10(15)16-9)6-2-1-3-7(12)4-6/h1-5H. The molecular weight excluding hydrogens is 310 g/mol. The maximum Gasteiger partial charge on any atom is 0.213 e. The molecule has 0 aliphatic rings. The van der Waals surface area contributed by atoms with Crippen molar-refractivity contribution in [3.8, 4) is 11.3 Å². The van der Waals surface area contributed by atoms with E-state index in [-0.39, 0.29) is 0 Å². The molecule has 0 atom stereocenters. The Morgan fingerprint density at radius 3 is 3.00 bits per heavy atom. The molecule has 0 saturated carbocycles. The molecule has 0 unspecified atom stereocenters. The summed E-state index contributed by atoms with van der Waals surface area (Å²) in [5.74, 6) is 0. The molecule has 0 amide bonds. The molecule has 3 nitrogen and oxygen atoms in total. The lowest BCUT2D eigenvalue weighted by Crippen LogP contribution is -1.79. The van der Waals surface area contributed by atoms with Gasteiger partial charge in [0, 0.05) is 10.6 Å². The van der Waals surface area contributed by atoms with Crippen molar-refractivity contribution in [1.82, 2.24) is 14.6 Å². The first kappa shape index (κ1) is 10.3. The van der Waals surface area contributed by atoms with E-state index in [0.717, 1.165) is 20.1 Å². The summed E-state index contributed by atoms with van der Waals surface area (Å²) in [5.41, 5.74) is 1.88. The van der Waals surface area contributed by atoms with Gasteiger partial charge in [-0.2, -0.15) is 0 Å². The molecule has 3 aromatic rings. The molecule has 0 fully saturated rings. The van der Waals surface area contributed by atoms with Crippen LogP contribution in [0, 0.1) is 0 Å². The largest absolute Gasteiger partial charge is 0.217 e. The highest BCUT2D eigenvalue weighted by molar-refractivity contribution is 9.11. The van der Waals surface area contributed by atoms with Crippen LogP contribution in [0.3, 0.4) is 0 Å². The number of aromatic nitrogens is 3. The lowest BCUT2D eigenvalue weighted by atomic mass is 10.2. The minimum atomic E-state index is 0.711. The number of halogens is 2. The van der Waals surface area contributed by atoms with Gasteiger partial charge in [0.15, 0.2) is 3.92 Å². The summed E-state index contributed by atoms with van der Waals surface area (Å²) in [7, 11) is 0. The quantitative estimate of drug-likeness (QED) is 0.682. The van der Waals surface area contributed by atoms with Crippen molar-refractivity contribution in [3.05, 3.63) is 39.4 Å². The summed E-state index contributed by atoms with van der Waals surface area (Å²) in [6.07, 6.45) is 1.89. The fourth-order valence-corrected chi connectivity index (χ4v) is 2.87. The second-order valence-corrected chi connectivity index (χ2v) is 5.89. The van der Waals surface area contributed by atoms with Crippen LogP contribution in [0.15, 0.2) is 34.4 Å². The topological polar surface area (TPSA) is 30.2 Å². The van der Waals surface area contributed by atoms with Crippen molar-refractivity contribution >= 4 is 43.8 Å². The van der Waals surface area contributed by atoms with Crippen LogP contribution in [0.25, 0.3) is 16.2 Å². The van der Waals surface area contributed by atoms with E-state index in [4.69, 9.17) is 11.6 Å². The summed E-state index contributed by atoms with van der Waals surface area (Å²) in [6, 6.07) is 7.63. The van der Waals surface area contributed by atoms with Gasteiger partial charge in [0.05, 0.1) is 11.9 Å². The van der Waals surface area contributed by atoms with Gasteiger partial charge in [0.2, 0.25) is 4.96 Å². The number of fused-ring (bicyclic) bond motifs is 1. The number of hydrogen-bond donors (Lipinski definition) is 0. The van der Waals surface area contributed by atoms with Crippen molar-refractivity contribution in [2.75, 3.05) is 0 Å². The van der Waals surface area contributed by atoms with Gasteiger partial charge in [-0.3, -0.25) is 0 Å². The van der Waals surface area contributed by atoms with Gasteiger partial charge in [-0.05, 0) is 28.1 Å². The Morgan fingerprint density at radius 2 is 2.25 bits per heavy atom. The Bertz CT molecular complexity index is 629. The number of imidazole rings is 1. The predicted octanol–water partition coefficient (Wildman–Crippen LogP) is 3.87. The molecule has 2 aromatic heterocycles. The van der Waals surface area contributed by atoms with E-state index in [9.17, 15) is 0 Å². The molecule has 0 saturated heterocycles. The summed E-state index contributed by atoms with van der Waals surface area (Å²) in [6.45, 7) is 0. The van der Waals surface area contributed by atoms with Crippen LogP contribution in [0.1, 0.15) is 0 Å². The van der Waals surface area contributed by atoms with Crippen LogP contribution in [-0.2, 0) is 0 Å². The molecule has 0 N–H and O–H groups in total. The highest BCUT2D eigenvalue weighted by atomic mass is 79.9. The fourth-order valence-electron chi connectivity index (χ4n) is 1.46. The second-order valence-electron chi connectivity index (χ2n) is 3.22. The number of hydrogen-bond acceptors (Lipinski definition) is 3. The van der Waals surface area contributed by atoms with Gasteiger partial charge in [0.1, 0.15) is 0 Å². The van der Waals surface area contributed by atoms with Crippen molar-refractivity contribution in [2.24, 2.45) is 0 Å². The van der Waals surface area contributed by atoms with E-state index < -0.39 is 0 Å². The lowest BCUT2D eigenvalue weighted by Gasteiger charge is -1.95. The Kier molecular flexibility index (Phi) is 2.46. The van der Waals surface area contributed by atoms with Crippen LogP contribution in [0.2, 0.25) is 5.02 Å². The SMILES string of the molecule is Clc1cccc(-c2cn3nc(Br)sc3n2)c1. The Morgan fingerprint density at radius 1 is 1.38 bits per heavy atom. The normalized spacial score (nSPS) is 11.1. The zero-order valence-corrected chi connectivity index (χ0v) is 11.1. The van der Waals surface area contributed by atoms with Gasteiger partial charge in [-0.1, -0.05) is 35.1 Å². The van der Waals surface area contributed by atoms with Crippen molar-refractivity contribution < 1.29 is 0 Å². The minimum absolute atomic E-state index is 0.711. The van der Waals surface area contributed by atoms with Crippen LogP contribution < -0.4 is 0 Å². The highest BCUT2D eigenvalue weighted by Crippen LogP contribution is 2.25.